The Kier molecular flexibility index (Phi) is 4.15. The molecule has 2 unspecified atom stereocenters. The second-order valence-electron chi connectivity index (χ2n) is 4.88. The topological polar surface area (TPSA) is 55.1 Å². The molecule has 2 rings (SSSR count). The van der Waals surface area contributed by atoms with Gasteiger partial charge in [0.1, 0.15) is 6.04 Å². The molecule has 0 spiro atoms. The normalized spacial score (nSPS) is 20.4. The highest BCUT2D eigenvalue weighted by molar-refractivity contribution is 5.83. The van der Waals surface area contributed by atoms with E-state index in [2.05, 4.69) is 17.5 Å². The lowest BCUT2D eigenvalue weighted by Crippen LogP contribution is -2.41. The Morgan fingerprint density at radius 1 is 1.33 bits per heavy atom. The van der Waals surface area contributed by atoms with Crippen LogP contribution in [-0.2, 0) is 4.79 Å². The van der Waals surface area contributed by atoms with Crippen molar-refractivity contribution < 1.29 is 4.79 Å². The number of hydrogen-bond donors (Lipinski definition) is 2. The smallest absolute Gasteiger partial charge is 0.241 e. The Balaban J connectivity index is 1.95. The highest BCUT2D eigenvalue weighted by atomic mass is 16.2. The molecule has 1 amide bonds. The lowest BCUT2D eigenvalue weighted by molar-refractivity contribution is -0.123. The molecule has 0 aromatic heterocycles. The molecule has 0 saturated heterocycles. The Hall–Kier alpha value is -1.61. The van der Waals surface area contributed by atoms with E-state index in [1.807, 2.05) is 31.2 Å². The third-order valence-corrected chi connectivity index (χ3v) is 3.33. The van der Waals surface area contributed by atoms with Gasteiger partial charge in [0, 0.05) is 6.04 Å². The molecule has 1 aliphatic rings. The SMILES string of the molecule is Cc1ccc(C(N)C(=O)NC2CC=CCC2)cc1. The lowest BCUT2D eigenvalue weighted by atomic mass is 10.0. The van der Waals surface area contributed by atoms with Crippen LogP contribution in [0.2, 0.25) is 0 Å². The summed E-state index contributed by atoms with van der Waals surface area (Å²) in [7, 11) is 0. The van der Waals surface area contributed by atoms with E-state index in [1.165, 1.54) is 5.56 Å². The summed E-state index contributed by atoms with van der Waals surface area (Å²) in [5, 5.41) is 3.02. The number of aryl methyl sites for hydroxylation is 1. The van der Waals surface area contributed by atoms with Crippen molar-refractivity contribution in [2.75, 3.05) is 0 Å². The predicted octanol–water partition coefficient (Wildman–Crippen LogP) is 2.22. The Morgan fingerprint density at radius 3 is 2.67 bits per heavy atom. The zero-order chi connectivity index (χ0) is 13.0. The summed E-state index contributed by atoms with van der Waals surface area (Å²) in [6, 6.07) is 7.45. The summed E-state index contributed by atoms with van der Waals surface area (Å²) in [5.74, 6) is -0.0841. The lowest BCUT2D eigenvalue weighted by Gasteiger charge is -2.21. The molecule has 0 fully saturated rings. The fraction of sp³-hybridized carbons (Fsp3) is 0.400. The molecule has 0 saturated carbocycles. The van der Waals surface area contributed by atoms with Crippen LogP contribution in [-0.4, -0.2) is 11.9 Å². The summed E-state index contributed by atoms with van der Waals surface area (Å²) in [4.78, 5) is 12.0. The second kappa shape index (κ2) is 5.83. The Labute approximate surface area is 108 Å². The average molecular weight is 244 g/mol. The quantitative estimate of drug-likeness (QED) is 0.801. The first kappa shape index (κ1) is 12.8. The number of nitrogens with two attached hydrogens (primary N) is 1. The van der Waals surface area contributed by atoms with Crippen LogP contribution >= 0.6 is 0 Å². The molecule has 1 aliphatic carbocycles. The van der Waals surface area contributed by atoms with Gasteiger partial charge in [-0.3, -0.25) is 4.79 Å². The van der Waals surface area contributed by atoms with Gasteiger partial charge in [-0.05, 0) is 31.7 Å². The zero-order valence-electron chi connectivity index (χ0n) is 10.7. The molecule has 0 bridgehead atoms. The van der Waals surface area contributed by atoms with Crippen LogP contribution in [0.3, 0.4) is 0 Å². The van der Waals surface area contributed by atoms with Gasteiger partial charge in [0.15, 0.2) is 0 Å². The maximum atomic E-state index is 12.0. The monoisotopic (exact) mass is 244 g/mol. The van der Waals surface area contributed by atoms with Gasteiger partial charge in [-0.15, -0.1) is 0 Å². The van der Waals surface area contributed by atoms with Crippen molar-refractivity contribution in [3.8, 4) is 0 Å². The predicted molar refractivity (Wildman–Crippen MR) is 73.0 cm³/mol. The maximum Gasteiger partial charge on any atom is 0.241 e. The number of carbonyl (C=O) groups is 1. The van der Waals surface area contributed by atoms with Gasteiger partial charge in [-0.25, -0.2) is 0 Å². The average Bonchev–Trinajstić information content (AvgIpc) is 2.40. The van der Waals surface area contributed by atoms with Crippen molar-refractivity contribution in [3.05, 3.63) is 47.5 Å². The number of amides is 1. The summed E-state index contributed by atoms with van der Waals surface area (Å²) in [6.45, 7) is 2.02. The van der Waals surface area contributed by atoms with E-state index in [-0.39, 0.29) is 11.9 Å². The zero-order valence-corrected chi connectivity index (χ0v) is 10.7. The summed E-state index contributed by atoms with van der Waals surface area (Å²) < 4.78 is 0. The molecule has 1 aromatic rings. The molecule has 1 aromatic carbocycles. The van der Waals surface area contributed by atoms with Crippen LogP contribution in [0, 0.1) is 6.92 Å². The van der Waals surface area contributed by atoms with E-state index in [1.54, 1.807) is 0 Å². The molecule has 0 aliphatic heterocycles. The van der Waals surface area contributed by atoms with Crippen molar-refractivity contribution in [1.29, 1.82) is 0 Å². The first-order valence-electron chi connectivity index (χ1n) is 6.44. The number of nitrogens with one attached hydrogen (secondary N) is 1. The van der Waals surface area contributed by atoms with Crippen molar-refractivity contribution in [2.24, 2.45) is 5.73 Å². The first-order valence-corrected chi connectivity index (χ1v) is 6.44. The minimum Gasteiger partial charge on any atom is -0.351 e. The fourth-order valence-corrected chi connectivity index (χ4v) is 2.14. The minimum atomic E-state index is -0.573. The Morgan fingerprint density at radius 2 is 2.06 bits per heavy atom. The van der Waals surface area contributed by atoms with Crippen LogP contribution in [0.1, 0.15) is 36.4 Å². The van der Waals surface area contributed by atoms with E-state index in [4.69, 9.17) is 5.73 Å². The van der Waals surface area contributed by atoms with Gasteiger partial charge in [0.05, 0.1) is 0 Å². The Bertz CT molecular complexity index is 436. The van der Waals surface area contributed by atoms with Gasteiger partial charge < -0.3 is 11.1 Å². The van der Waals surface area contributed by atoms with Crippen molar-refractivity contribution in [3.63, 3.8) is 0 Å². The molecule has 2 atom stereocenters. The van der Waals surface area contributed by atoms with Crippen molar-refractivity contribution in [2.45, 2.75) is 38.3 Å². The molecular weight excluding hydrogens is 224 g/mol. The number of allylic oxidation sites excluding steroid dienone is 1. The highest BCUT2D eigenvalue weighted by Gasteiger charge is 2.19. The van der Waals surface area contributed by atoms with E-state index < -0.39 is 6.04 Å². The van der Waals surface area contributed by atoms with E-state index in [9.17, 15) is 4.79 Å². The van der Waals surface area contributed by atoms with Gasteiger partial charge in [0.2, 0.25) is 5.91 Å². The molecule has 3 heteroatoms. The third-order valence-electron chi connectivity index (χ3n) is 3.33. The van der Waals surface area contributed by atoms with E-state index in [0.717, 1.165) is 24.8 Å². The number of rotatable bonds is 3. The van der Waals surface area contributed by atoms with Crippen LogP contribution in [0.25, 0.3) is 0 Å². The minimum absolute atomic E-state index is 0.0841. The number of carbonyl (C=O) groups excluding carboxylic acids is 1. The largest absolute Gasteiger partial charge is 0.351 e. The fourth-order valence-electron chi connectivity index (χ4n) is 2.14. The summed E-state index contributed by atoms with van der Waals surface area (Å²) >= 11 is 0. The molecule has 3 nitrogen and oxygen atoms in total. The van der Waals surface area contributed by atoms with E-state index >= 15 is 0 Å². The van der Waals surface area contributed by atoms with Gasteiger partial charge in [-0.1, -0.05) is 42.0 Å². The molecular formula is C15H20N2O. The van der Waals surface area contributed by atoms with E-state index in [0.29, 0.717) is 0 Å². The van der Waals surface area contributed by atoms with Gasteiger partial charge in [0.25, 0.3) is 0 Å². The van der Waals surface area contributed by atoms with Crippen LogP contribution in [0.4, 0.5) is 0 Å². The van der Waals surface area contributed by atoms with Crippen LogP contribution in [0.5, 0.6) is 0 Å². The van der Waals surface area contributed by atoms with Gasteiger partial charge >= 0.3 is 0 Å². The standard InChI is InChI=1S/C15H20N2O/c1-11-7-9-12(10-8-11)14(16)15(18)17-13-5-3-2-4-6-13/h2-3,7-10,13-14H,4-6,16H2,1H3,(H,17,18). The number of hydrogen-bond acceptors (Lipinski definition) is 2. The van der Waals surface area contributed by atoms with Crippen LogP contribution < -0.4 is 11.1 Å². The molecule has 0 heterocycles. The van der Waals surface area contributed by atoms with Crippen LogP contribution in [0.15, 0.2) is 36.4 Å². The molecule has 3 N–H and O–H groups in total. The van der Waals surface area contributed by atoms with Crippen molar-refractivity contribution >= 4 is 5.91 Å². The highest BCUT2D eigenvalue weighted by Crippen LogP contribution is 2.14. The molecule has 18 heavy (non-hydrogen) atoms. The third kappa shape index (κ3) is 3.20. The van der Waals surface area contributed by atoms with Crippen molar-refractivity contribution in [1.82, 2.24) is 5.32 Å². The molecule has 96 valence electrons. The first-order chi connectivity index (χ1) is 8.66. The number of benzene rings is 1. The second-order valence-corrected chi connectivity index (χ2v) is 4.88. The summed E-state index contributed by atoms with van der Waals surface area (Å²) in [5.41, 5.74) is 8.01. The summed E-state index contributed by atoms with van der Waals surface area (Å²) in [6.07, 6.45) is 7.22. The molecule has 0 radical (unpaired) electrons. The maximum absolute atomic E-state index is 12.0. The van der Waals surface area contributed by atoms with Gasteiger partial charge in [-0.2, -0.15) is 0 Å².